The molecular formula is C21H26ClN3O2. The van der Waals surface area contributed by atoms with Gasteiger partial charge < -0.3 is 9.64 Å². The van der Waals surface area contributed by atoms with E-state index in [0.29, 0.717) is 28.3 Å². The van der Waals surface area contributed by atoms with Gasteiger partial charge in [0, 0.05) is 49.5 Å². The maximum Gasteiger partial charge on any atom is 0.255 e. The van der Waals surface area contributed by atoms with Crippen LogP contribution in [0.1, 0.15) is 36.2 Å². The van der Waals surface area contributed by atoms with E-state index >= 15 is 0 Å². The van der Waals surface area contributed by atoms with E-state index in [2.05, 4.69) is 23.7 Å². The van der Waals surface area contributed by atoms with E-state index < -0.39 is 0 Å². The molecule has 1 fully saturated rings. The summed E-state index contributed by atoms with van der Waals surface area (Å²) in [4.78, 5) is 21.4. The molecule has 5 nitrogen and oxygen atoms in total. The summed E-state index contributed by atoms with van der Waals surface area (Å²) in [5.41, 5.74) is 1.53. The van der Waals surface area contributed by atoms with Crippen LogP contribution in [0.4, 0.5) is 0 Å². The van der Waals surface area contributed by atoms with Crippen LogP contribution in [0.5, 0.6) is 11.6 Å². The molecule has 1 aliphatic rings. The molecule has 0 N–H and O–H groups in total. The molecule has 3 rings (SSSR count). The fourth-order valence-corrected chi connectivity index (χ4v) is 3.33. The van der Waals surface area contributed by atoms with Crippen molar-refractivity contribution in [3.63, 3.8) is 0 Å². The average molecular weight is 388 g/mol. The van der Waals surface area contributed by atoms with Crippen molar-refractivity contribution in [2.75, 3.05) is 26.2 Å². The number of benzene rings is 1. The second-order valence-electron chi connectivity index (χ2n) is 7.17. The SMILES string of the molecule is Cc1cc(Oc2ccc(C(=O)N3CCCN(C(C)C)CC3)cn2)ccc1Cl. The first kappa shape index (κ1) is 19.6. The molecule has 6 heteroatoms. The van der Waals surface area contributed by atoms with Gasteiger partial charge in [0.25, 0.3) is 5.91 Å². The molecule has 1 saturated heterocycles. The van der Waals surface area contributed by atoms with Gasteiger partial charge >= 0.3 is 0 Å². The molecule has 0 atom stereocenters. The first-order chi connectivity index (χ1) is 12.9. The van der Waals surface area contributed by atoms with Crippen LogP contribution in [-0.4, -0.2) is 52.9 Å². The number of halogens is 1. The lowest BCUT2D eigenvalue weighted by Gasteiger charge is -2.24. The molecule has 0 spiro atoms. The predicted molar refractivity (Wildman–Crippen MR) is 108 cm³/mol. The van der Waals surface area contributed by atoms with Crippen LogP contribution in [0.15, 0.2) is 36.5 Å². The number of nitrogens with zero attached hydrogens (tertiary/aromatic N) is 3. The van der Waals surface area contributed by atoms with E-state index in [4.69, 9.17) is 16.3 Å². The van der Waals surface area contributed by atoms with Crippen molar-refractivity contribution in [2.45, 2.75) is 33.2 Å². The monoisotopic (exact) mass is 387 g/mol. The Balaban J connectivity index is 1.64. The topological polar surface area (TPSA) is 45.7 Å². The van der Waals surface area contributed by atoms with E-state index in [1.165, 1.54) is 0 Å². The first-order valence-corrected chi connectivity index (χ1v) is 9.75. The van der Waals surface area contributed by atoms with Crippen molar-refractivity contribution in [3.8, 4) is 11.6 Å². The van der Waals surface area contributed by atoms with Crippen LogP contribution >= 0.6 is 11.6 Å². The number of pyridine rings is 1. The van der Waals surface area contributed by atoms with Gasteiger partial charge in [-0.1, -0.05) is 11.6 Å². The number of ether oxygens (including phenoxy) is 1. The second-order valence-corrected chi connectivity index (χ2v) is 7.58. The smallest absolute Gasteiger partial charge is 0.255 e. The molecule has 0 bridgehead atoms. The summed E-state index contributed by atoms with van der Waals surface area (Å²) in [6, 6.07) is 9.47. The zero-order valence-corrected chi connectivity index (χ0v) is 16.9. The van der Waals surface area contributed by atoms with Gasteiger partial charge in [0.1, 0.15) is 5.75 Å². The zero-order chi connectivity index (χ0) is 19.4. The highest BCUT2D eigenvalue weighted by Crippen LogP contribution is 2.25. The van der Waals surface area contributed by atoms with Crippen LogP contribution < -0.4 is 4.74 Å². The Kier molecular flexibility index (Phi) is 6.34. The molecule has 1 aromatic heterocycles. The van der Waals surface area contributed by atoms with Crippen molar-refractivity contribution in [3.05, 3.63) is 52.7 Å². The lowest BCUT2D eigenvalue weighted by molar-refractivity contribution is 0.0759. The summed E-state index contributed by atoms with van der Waals surface area (Å²) in [6.07, 6.45) is 2.58. The van der Waals surface area contributed by atoms with E-state index in [1.54, 1.807) is 30.5 Å². The fraction of sp³-hybridized carbons (Fsp3) is 0.429. The van der Waals surface area contributed by atoms with Crippen LogP contribution in [0, 0.1) is 6.92 Å². The van der Waals surface area contributed by atoms with Crippen molar-refractivity contribution in [2.24, 2.45) is 0 Å². The third-order valence-electron chi connectivity index (χ3n) is 4.88. The van der Waals surface area contributed by atoms with Crippen molar-refractivity contribution in [1.82, 2.24) is 14.8 Å². The van der Waals surface area contributed by atoms with Crippen LogP contribution in [0.2, 0.25) is 5.02 Å². The maximum absolute atomic E-state index is 12.8. The molecule has 2 aromatic rings. The third kappa shape index (κ3) is 4.99. The first-order valence-electron chi connectivity index (χ1n) is 9.37. The number of carbonyl (C=O) groups excluding carboxylic acids is 1. The fourth-order valence-electron chi connectivity index (χ4n) is 3.21. The van der Waals surface area contributed by atoms with Crippen molar-refractivity contribution >= 4 is 17.5 Å². The van der Waals surface area contributed by atoms with E-state index in [1.807, 2.05) is 17.9 Å². The largest absolute Gasteiger partial charge is 0.439 e. The quantitative estimate of drug-likeness (QED) is 0.780. The molecule has 1 aliphatic heterocycles. The van der Waals surface area contributed by atoms with E-state index in [0.717, 1.165) is 38.2 Å². The number of carbonyl (C=O) groups is 1. The molecular weight excluding hydrogens is 362 g/mol. The molecule has 1 aromatic carbocycles. The van der Waals surface area contributed by atoms with Crippen LogP contribution in [0.25, 0.3) is 0 Å². The Labute approximate surface area is 165 Å². The molecule has 27 heavy (non-hydrogen) atoms. The van der Waals surface area contributed by atoms with Crippen LogP contribution in [0.3, 0.4) is 0 Å². The molecule has 144 valence electrons. The summed E-state index contributed by atoms with van der Waals surface area (Å²) in [6.45, 7) is 9.79. The maximum atomic E-state index is 12.8. The molecule has 1 amide bonds. The molecule has 0 saturated carbocycles. The summed E-state index contributed by atoms with van der Waals surface area (Å²) in [5.74, 6) is 1.15. The minimum absolute atomic E-state index is 0.0296. The molecule has 0 aliphatic carbocycles. The second kappa shape index (κ2) is 8.72. The summed E-state index contributed by atoms with van der Waals surface area (Å²) >= 11 is 6.03. The number of hydrogen-bond acceptors (Lipinski definition) is 4. The third-order valence-corrected chi connectivity index (χ3v) is 5.31. The van der Waals surface area contributed by atoms with Crippen molar-refractivity contribution in [1.29, 1.82) is 0 Å². The summed E-state index contributed by atoms with van der Waals surface area (Å²) in [7, 11) is 0. The predicted octanol–water partition coefficient (Wildman–Crippen LogP) is 4.39. The van der Waals surface area contributed by atoms with Gasteiger partial charge in [-0.25, -0.2) is 4.98 Å². The summed E-state index contributed by atoms with van der Waals surface area (Å²) < 4.78 is 5.75. The average Bonchev–Trinajstić information content (AvgIpc) is 2.91. The zero-order valence-electron chi connectivity index (χ0n) is 16.1. The Morgan fingerprint density at radius 2 is 1.96 bits per heavy atom. The van der Waals surface area contributed by atoms with Gasteiger partial charge in [0.2, 0.25) is 5.88 Å². The molecule has 2 heterocycles. The van der Waals surface area contributed by atoms with Gasteiger partial charge in [0.05, 0.1) is 5.56 Å². The highest BCUT2D eigenvalue weighted by atomic mass is 35.5. The van der Waals surface area contributed by atoms with Gasteiger partial charge in [-0.3, -0.25) is 9.69 Å². The number of aryl methyl sites for hydroxylation is 1. The van der Waals surface area contributed by atoms with E-state index in [9.17, 15) is 4.79 Å². The van der Waals surface area contributed by atoms with Gasteiger partial charge in [0.15, 0.2) is 0 Å². The Bertz CT molecular complexity index is 793. The highest BCUT2D eigenvalue weighted by Gasteiger charge is 2.21. The molecule has 0 unspecified atom stereocenters. The summed E-state index contributed by atoms with van der Waals surface area (Å²) in [5, 5.41) is 0.699. The number of hydrogen-bond donors (Lipinski definition) is 0. The number of rotatable bonds is 4. The number of aromatic nitrogens is 1. The van der Waals surface area contributed by atoms with Crippen LogP contribution in [-0.2, 0) is 0 Å². The van der Waals surface area contributed by atoms with E-state index in [-0.39, 0.29) is 5.91 Å². The lowest BCUT2D eigenvalue weighted by atomic mass is 10.2. The van der Waals surface area contributed by atoms with Crippen molar-refractivity contribution < 1.29 is 9.53 Å². The minimum Gasteiger partial charge on any atom is -0.439 e. The van der Waals surface area contributed by atoms with Gasteiger partial charge in [-0.2, -0.15) is 0 Å². The standard InChI is InChI=1S/C21H26ClN3O2/c1-15(2)24-9-4-10-25(12-11-24)21(26)17-5-8-20(23-14-17)27-18-6-7-19(22)16(3)13-18/h5-8,13-15H,4,9-12H2,1-3H3. The highest BCUT2D eigenvalue weighted by molar-refractivity contribution is 6.31. The lowest BCUT2D eigenvalue weighted by Crippen LogP contribution is -2.37. The van der Waals surface area contributed by atoms with Gasteiger partial charge in [-0.05, 0) is 57.0 Å². The normalized spacial score (nSPS) is 15.7. The Morgan fingerprint density at radius 3 is 2.63 bits per heavy atom. The number of amides is 1. The van der Waals surface area contributed by atoms with Gasteiger partial charge in [-0.15, -0.1) is 0 Å². The Morgan fingerprint density at radius 1 is 1.15 bits per heavy atom. The Hall–Kier alpha value is -2.11. The molecule has 0 radical (unpaired) electrons. The minimum atomic E-state index is 0.0296.